The second kappa shape index (κ2) is 9.53. The Hall–Kier alpha value is -1.47. The monoisotopic (exact) mass is 308 g/mol. The molecule has 0 bridgehead atoms. The number of ether oxygens (including phenoxy) is 3. The molecule has 1 aliphatic rings. The Bertz CT molecular complexity index is 461. The average Bonchev–Trinajstić information content (AvgIpc) is 2.56. The van der Waals surface area contributed by atoms with E-state index >= 15 is 0 Å². The molecule has 1 atom stereocenters. The highest BCUT2D eigenvalue weighted by molar-refractivity contribution is 5.95. The summed E-state index contributed by atoms with van der Waals surface area (Å²) in [6, 6.07) is 7.37. The molecule has 1 amide bonds. The van der Waals surface area contributed by atoms with Crippen LogP contribution in [0, 0.1) is 0 Å². The second-order valence-corrected chi connectivity index (χ2v) is 5.02. The maximum atomic E-state index is 12.1. The molecule has 1 heterocycles. The number of hydrogen-bond acceptors (Lipinski definition) is 5. The van der Waals surface area contributed by atoms with Gasteiger partial charge in [0.05, 0.1) is 33.0 Å². The number of nitrogens with one attached hydrogen (secondary N) is 2. The van der Waals surface area contributed by atoms with E-state index < -0.39 is 0 Å². The highest BCUT2D eigenvalue weighted by atomic mass is 16.5. The van der Waals surface area contributed by atoms with Gasteiger partial charge in [-0.2, -0.15) is 0 Å². The highest BCUT2D eigenvalue weighted by Gasteiger charge is 2.21. The van der Waals surface area contributed by atoms with Gasteiger partial charge in [-0.25, -0.2) is 0 Å². The Morgan fingerprint density at radius 2 is 2.27 bits per heavy atom. The fourth-order valence-corrected chi connectivity index (χ4v) is 2.15. The maximum Gasteiger partial charge on any atom is 0.243 e. The third-order valence-corrected chi connectivity index (χ3v) is 3.28. The van der Waals surface area contributed by atoms with E-state index in [1.807, 2.05) is 31.2 Å². The average molecular weight is 308 g/mol. The molecule has 1 aromatic carbocycles. The molecular formula is C16H24N2O4. The number of carbonyl (C=O) groups excluding carboxylic acids is 1. The number of anilines is 1. The normalized spacial score (nSPS) is 18.1. The summed E-state index contributed by atoms with van der Waals surface area (Å²) in [5.74, 6) is -0.0749. The van der Waals surface area contributed by atoms with E-state index in [4.69, 9.17) is 14.2 Å². The molecule has 1 aromatic rings. The summed E-state index contributed by atoms with van der Waals surface area (Å²) in [6.07, 6.45) is 0. The molecular weight excluding hydrogens is 284 g/mol. The fraction of sp³-hybridized carbons (Fsp3) is 0.562. The van der Waals surface area contributed by atoms with Crippen molar-refractivity contribution < 1.29 is 19.0 Å². The van der Waals surface area contributed by atoms with Gasteiger partial charge >= 0.3 is 0 Å². The van der Waals surface area contributed by atoms with Crippen LogP contribution in [0.5, 0.6) is 0 Å². The third kappa shape index (κ3) is 5.73. The molecule has 0 aliphatic carbocycles. The quantitative estimate of drug-likeness (QED) is 0.706. The fourth-order valence-electron chi connectivity index (χ4n) is 2.15. The van der Waals surface area contributed by atoms with Crippen LogP contribution in [-0.2, 0) is 25.6 Å². The van der Waals surface area contributed by atoms with E-state index in [1.165, 1.54) is 0 Å². The summed E-state index contributed by atoms with van der Waals surface area (Å²) in [6.45, 7) is 6.08. The lowest BCUT2D eigenvalue weighted by atomic mass is 10.2. The van der Waals surface area contributed by atoms with Crippen molar-refractivity contribution >= 4 is 11.6 Å². The van der Waals surface area contributed by atoms with Crippen LogP contribution in [0.25, 0.3) is 0 Å². The molecule has 1 saturated heterocycles. The number of hydrogen-bond donors (Lipinski definition) is 2. The van der Waals surface area contributed by atoms with Gasteiger partial charge in [-0.05, 0) is 24.6 Å². The molecule has 6 nitrogen and oxygen atoms in total. The van der Waals surface area contributed by atoms with Crippen molar-refractivity contribution in [3.05, 3.63) is 29.8 Å². The molecule has 6 heteroatoms. The third-order valence-electron chi connectivity index (χ3n) is 3.28. The van der Waals surface area contributed by atoms with Crippen molar-refractivity contribution in [1.29, 1.82) is 0 Å². The molecule has 0 saturated carbocycles. The van der Waals surface area contributed by atoms with Crippen molar-refractivity contribution in [3.8, 4) is 0 Å². The Morgan fingerprint density at radius 3 is 3.05 bits per heavy atom. The molecule has 0 radical (unpaired) electrons. The molecule has 2 rings (SSSR count). The Balaban J connectivity index is 1.78. The van der Waals surface area contributed by atoms with Gasteiger partial charge in [0.25, 0.3) is 0 Å². The minimum atomic E-state index is -0.292. The molecule has 22 heavy (non-hydrogen) atoms. The summed E-state index contributed by atoms with van der Waals surface area (Å²) >= 11 is 0. The van der Waals surface area contributed by atoms with Gasteiger partial charge in [0.15, 0.2) is 0 Å². The van der Waals surface area contributed by atoms with Gasteiger partial charge in [-0.3, -0.25) is 4.79 Å². The van der Waals surface area contributed by atoms with E-state index in [0.29, 0.717) is 46.2 Å². The van der Waals surface area contributed by atoms with E-state index in [2.05, 4.69) is 10.6 Å². The Kier molecular flexibility index (Phi) is 7.32. The Morgan fingerprint density at radius 1 is 1.41 bits per heavy atom. The van der Waals surface area contributed by atoms with Crippen molar-refractivity contribution in [1.82, 2.24) is 5.32 Å². The lowest BCUT2D eigenvalue weighted by molar-refractivity contribution is -0.120. The molecule has 2 N–H and O–H groups in total. The molecule has 0 spiro atoms. The van der Waals surface area contributed by atoms with Crippen LogP contribution in [0.3, 0.4) is 0 Å². The predicted molar refractivity (Wildman–Crippen MR) is 83.8 cm³/mol. The largest absolute Gasteiger partial charge is 0.379 e. The first-order valence-electron chi connectivity index (χ1n) is 7.66. The van der Waals surface area contributed by atoms with Crippen LogP contribution >= 0.6 is 0 Å². The zero-order valence-electron chi connectivity index (χ0n) is 13.0. The van der Waals surface area contributed by atoms with Crippen molar-refractivity contribution in [2.24, 2.45) is 0 Å². The van der Waals surface area contributed by atoms with Gasteiger partial charge in [0.2, 0.25) is 5.91 Å². The first-order valence-corrected chi connectivity index (χ1v) is 7.66. The van der Waals surface area contributed by atoms with Crippen LogP contribution in [0.15, 0.2) is 24.3 Å². The summed E-state index contributed by atoms with van der Waals surface area (Å²) in [4.78, 5) is 12.1. The van der Waals surface area contributed by atoms with Gasteiger partial charge in [-0.1, -0.05) is 12.1 Å². The van der Waals surface area contributed by atoms with Crippen LogP contribution in [-0.4, -0.2) is 51.5 Å². The van der Waals surface area contributed by atoms with Crippen LogP contribution in [0.2, 0.25) is 0 Å². The summed E-state index contributed by atoms with van der Waals surface area (Å²) in [5, 5.41) is 6.03. The van der Waals surface area contributed by atoms with Gasteiger partial charge in [-0.15, -0.1) is 0 Å². The van der Waals surface area contributed by atoms with Crippen LogP contribution in [0.4, 0.5) is 5.69 Å². The minimum Gasteiger partial charge on any atom is -0.379 e. The van der Waals surface area contributed by atoms with Gasteiger partial charge in [0.1, 0.15) is 6.04 Å². The molecule has 0 aromatic heterocycles. The summed E-state index contributed by atoms with van der Waals surface area (Å²) in [7, 11) is 0. The predicted octanol–water partition coefficient (Wildman–Crippen LogP) is 1.17. The van der Waals surface area contributed by atoms with Crippen LogP contribution < -0.4 is 10.6 Å². The van der Waals surface area contributed by atoms with Crippen molar-refractivity contribution in [3.63, 3.8) is 0 Å². The van der Waals surface area contributed by atoms with Crippen molar-refractivity contribution in [2.75, 3.05) is 44.9 Å². The first kappa shape index (κ1) is 16.9. The summed E-state index contributed by atoms with van der Waals surface area (Å²) in [5.41, 5.74) is 1.78. The molecule has 1 unspecified atom stereocenters. The Labute approximate surface area is 131 Å². The molecule has 122 valence electrons. The minimum absolute atomic E-state index is 0.0749. The van der Waals surface area contributed by atoms with Gasteiger partial charge < -0.3 is 24.8 Å². The lowest BCUT2D eigenvalue weighted by Crippen LogP contribution is -2.48. The number of amides is 1. The van der Waals surface area contributed by atoms with Crippen molar-refractivity contribution in [2.45, 2.75) is 19.6 Å². The SMILES string of the molecule is CCOCCOCc1cccc(NC(=O)C2COCCN2)c1. The highest BCUT2D eigenvalue weighted by Crippen LogP contribution is 2.12. The first-order chi connectivity index (χ1) is 10.8. The number of rotatable bonds is 8. The maximum absolute atomic E-state index is 12.1. The van der Waals surface area contributed by atoms with Crippen LogP contribution in [0.1, 0.15) is 12.5 Å². The number of morpholine rings is 1. The topological polar surface area (TPSA) is 68.8 Å². The van der Waals surface area contributed by atoms with E-state index in [-0.39, 0.29) is 11.9 Å². The van der Waals surface area contributed by atoms with E-state index in [9.17, 15) is 4.79 Å². The number of benzene rings is 1. The van der Waals surface area contributed by atoms with E-state index in [1.54, 1.807) is 0 Å². The van der Waals surface area contributed by atoms with Gasteiger partial charge in [0, 0.05) is 18.8 Å². The molecule has 1 aliphatic heterocycles. The standard InChI is InChI=1S/C16H24N2O4/c1-2-20-8-9-22-11-13-4-3-5-14(10-13)18-16(19)15-12-21-7-6-17-15/h3-5,10,15,17H,2,6-9,11-12H2,1H3,(H,18,19). The zero-order valence-corrected chi connectivity index (χ0v) is 13.0. The zero-order chi connectivity index (χ0) is 15.6. The number of carbonyl (C=O) groups is 1. The lowest BCUT2D eigenvalue weighted by Gasteiger charge is -2.23. The molecule has 1 fully saturated rings. The smallest absolute Gasteiger partial charge is 0.243 e. The van der Waals surface area contributed by atoms with E-state index in [0.717, 1.165) is 11.3 Å². The summed E-state index contributed by atoms with van der Waals surface area (Å²) < 4.78 is 16.0. The second-order valence-electron chi connectivity index (χ2n) is 5.02.